The molecular weight excluding hydrogens is 469 g/mol. The van der Waals surface area contributed by atoms with Crippen LogP contribution in [0.15, 0.2) is 41.7 Å². The summed E-state index contributed by atoms with van der Waals surface area (Å²) in [5.41, 5.74) is 2.17. The maximum Gasteiger partial charge on any atom is 0.249 e. The Kier molecular flexibility index (Phi) is 7.25. The van der Waals surface area contributed by atoms with E-state index in [0.717, 1.165) is 6.21 Å². The molecule has 4 N–H and O–H groups in total. The Morgan fingerprint density at radius 3 is 2.83 bits per heavy atom. The van der Waals surface area contributed by atoms with Crippen molar-refractivity contribution in [2.45, 2.75) is 25.1 Å². The number of rotatable bonds is 8. The number of benzene rings is 1. The predicted octanol–water partition coefficient (Wildman–Crippen LogP) is 1.28. The van der Waals surface area contributed by atoms with E-state index in [1.54, 1.807) is 36.1 Å². The Hall–Kier alpha value is -4.32. The van der Waals surface area contributed by atoms with Crippen molar-refractivity contribution in [3.05, 3.63) is 53.7 Å². The van der Waals surface area contributed by atoms with Gasteiger partial charge in [0.05, 0.1) is 26.1 Å². The minimum absolute atomic E-state index is 0.0193. The van der Waals surface area contributed by atoms with E-state index in [-0.39, 0.29) is 24.4 Å². The summed E-state index contributed by atoms with van der Waals surface area (Å²) < 4.78 is 27.2. The van der Waals surface area contributed by atoms with Crippen LogP contribution in [0.3, 0.4) is 0 Å². The Labute approximate surface area is 205 Å². The molecule has 1 aromatic carbocycles. The van der Waals surface area contributed by atoms with E-state index in [4.69, 9.17) is 19.9 Å². The zero-order valence-corrected chi connectivity index (χ0v) is 19.9. The molecule has 12 heteroatoms. The van der Waals surface area contributed by atoms with Crippen LogP contribution >= 0.6 is 0 Å². The average molecular weight is 496 g/mol. The molecule has 0 saturated carbocycles. The number of allylic oxidation sites excluding steroid dienone is 1. The van der Waals surface area contributed by atoms with Gasteiger partial charge in [0.15, 0.2) is 17.2 Å². The highest BCUT2D eigenvalue weighted by molar-refractivity contribution is 6.07. The van der Waals surface area contributed by atoms with Gasteiger partial charge in [0.2, 0.25) is 5.91 Å². The van der Waals surface area contributed by atoms with Crippen molar-refractivity contribution in [3.63, 3.8) is 0 Å². The molecule has 11 nitrogen and oxygen atoms in total. The van der Waals surface area contributed by atoms with Crippen molar-refractivity contribution in [1.82, 2.24) is 25.2 Å². The summed E-state index contributed by atoms with van der Waals surface area (Å²) in [7, 11) is 4.51. The van der Waals surface area contributed by atoms with E-state index >= 15 is 4.39 Å². The van der Waals surface area contributed by atoms with Crippen molar-refractivity contribution in [2.24, 2.45) is 4.99 Å². The van der Waals surface area contributed by atoms with Crippen LogP contribution in [-0.2, 0) is 11.3 Å². The Bertz CT molecular complexity index is 1420. The molecule has 0 aliphatic carbocycles. The maximum atomic E-state index is 15.1. The average Bonchev–Trinajstić information content (AvgIpc) is 3.21. The molecule has 2 unspecified atom stereocenters. The predicted molar refractivity (Wildman–Crippen MR) is 131 cm³/mol. The summed E-state index contributed by atoms with van der Waals surface area (Å²) in [5.74, 6) is -0.794. The third-order valence-corrected chi connectivity index (χ3v) is 5.70. The van der Waals surface area contributed by atoms with E-state index in [0.29, 0.717) is 33.7 Å². The minimum Gasteiger partial charge on any atom is -0.497 e. The number of amides is 1. The van der Waals surface area contributed by atoms with E-state index in [1.165, 1.54) is 26.4 Å². The van der Waals surface area contributed by atoms with Crippen LogP contribution in [0.1, 0.15) is 12.1 Å². The minimum atomic E-state index is -1.12. The third kappa shape index (κ3) is 4.89. The molecule has 3 aromatic rings. The molecule has 1 fully saturated rings. The standard InChI is InChI=1S/C24H26FN7O4/c1-27-10-13(9-26)18-11-28-16-4-5-21(30-17-7-15(35-2)8-20(36-3)22(17)25)32(23(16)31-18)12-14-6-19(33)24(34)29-14/h4-5,7-11,14,19,26-27,33H,6,12H2,1-3H3,(H,29,34)/b13-10+,26-9?,30-21+. The second-order valence-corrected chi connectivity index (χ2v) is 8.03. The van der Waals surface area contributed by atoms with Crippen molar-refractivity contribution in [2.75, 3.05) is 21.3 Å². The molecule has 0 radical (unpaired) electrons. The zero-order valence-electron chi connectivity index (χ0n) is 19.9. The zero-order chi connectivity index (χ0) is 25.8. The number of aliphatic hydroxyl groups is 1. The number of halogens is 1. The van der Waals surface area contributed by atoms with Gasteiger partial charge < -0.3 is 35.2 Å². The van der Waals surface area contributed by atoms with Crippen LogP contribution in [0.2, 0.25) is 0 Å². The van der Waals surface area contributed by atoms with Crippen LogP contribution in [0.4, 0.5) is 10.1 Å². The van der Waals surface area contributed by atoms with Crippen LogP contribution in [0.25, 0.3) is 16.7 Å². The van der Waals surface area contributed by atoms with Gasteiger partial charge in [0.25, 0.3) is 0 Å². The number of ether oxygens (including phenoxy) is 2. The van der Waals surface area contributed by atoms with Gasteiger partial charge in [-0.3, -0.25) is 9.78 Å². The number of aromatic nitrogens is 3. The highest BCUT2D eigenvalue weighted by Crippen LogP contribution is 2.32. The molecule has 1 amide bonds. The summed E-state index contributed by atoms with van der Waals surface area (Å²) in [6.07, 6.45) is 3.40. The fourth-order valence-electron chi connectivity index (χ4n) is 3.92. The molecule has 0 spiro atoms. The topological polar surface area (TPSA) is 147 Å². The summed E-state index contributed by atoms with van der Waals surface area (Å²) in [6.45, 7) is 0.190. The normalized spacial score (nSPS) is 18.3. The van der Waals surface area contributed by atoms with Crippen molar-refractivity contribution < 1.29 is 23.8 Å². The number of fused-ring (bicyclic) bond motifs is 1. The number of aliphatic hydroxyl groups excluding tert-OH is 1. The number of hydrogen-bond acceptors (Lipinski definition) is 9. The summed E-state index contributed by atoms with van der Waals surface area (Å²) in [6, 6.07) is 5.81. The molecular formula is C24H26FN7O4. The van der Waals surface area contributed by atoms with Gasteiger partial charge >= 0.3 is 0 Å². The first-order valence-electron chi connectivity index (χ1n) is 11.1. The van der Waals surface area contributed by atoms with Gasteiger partial charge in [-0.1, -0.05) is 0 Å². The monoisotopic (exact) mass is 495 g/mol. The number of pyridine rings is 1. The number of methoxy groups -OCH3 is 2. The van der Waals surface area contributed by atoms with Gasteiger partial charge in [0.1, 0.15) is 28.5 Å². The first-order valence-corrected chi connectivity index (χ1v) is 11.1. The number of nitrogens with one attached hydrogen (secondary N) is 3. The number of carbonyl (C=O) groups excluding carboxylic acids is 1. The molecule has 1 aliphatic heterocycles. The molecule has 0 bridgehead atoms. The van der Waals surface area contributed by atoms with Gasteiger partial charge in [-0.2, -0.15) is 0 Å². The number of carbonyl (C=O) groups is 1. The molecule has 36 heavy (non-hydrogen) atoms. The Morgan fingerprint density at radius 1 is 1.39 bits per heavy atom. The number of nitrogens with zero attached hydrogens (tertiary/aromatic N) is 4. The van der Waals surface area contributed by atoms with Crippen molar-refractivity contribution in [3.8, 4) is 11.5 Å². The second-order valence-electron chi connectivity index (χ2n) is 8.03. The van der Waals surface area contributed by atoms with Gasteiger partial charge in [-0.15, -0.1) is 0 Å². The molecule has 1 aliphatic rings. The number of hydrogen-bond donors (Lipinski definition) is 4. The maximum absolute atomic E-state index is 15.1. The first-order chi connectivity index (χ1) is 17.4. The lowest BCUT2D eigenvalue weighted by molar-refractivity contribution is -0.126. The van der Waals surface area contributed by atoms with Crippen LogP contribution in [0.5, 0.6) is 11.5 Å². The second kappa shape index (κ2) is 10.5. The highest BCUT2D eigenvalue weighted by atomic mass is 19.1. The summed E-state index contributed by atoms with van der Waals surface area (Å²) in [4.78, 5) is 25.6. The van der Waals surface area contributed by atoms with Crippen LogP contribution in [0, 0.1) is 11.2 Å². The lowest BCUT2D eigenvalue weighted by Gasteiger charge is -2.16. The Morgan fingerprint density at radius 2 is 2.19 bits per heavy atom. The van der Waals surface area contributed by atoms with Crippen molar-refractivity contribution >= 4 is 34.5 Å². The van der Waals surface area contributed by atoms with Crippen LogP contribution in [-0.4, -0.2) is 65.2 Å². The van der Waals surface area contributed by atoms with Crippen molar-refractivity contribution in [1.29, 1.82) is 5.41 Å². The molecule has 1 saturated heterocycles. The van der Waals surface area contributed by atoms with Gasteiger partial charge in [0, 0.05) is 56.2 Å². The fraction of sp³-hybridized carbons (Fsp3) is 0.292. The molecule has 2 atom stereocenters. The largest absolute Gasteiger partial charge is 0.497 e. The van der Waals surface area contributed by atoms with Crippen LogP contribution < -0.4 is 25.6 Å². The summed E-state index contributed by atoms with van der Waals surface area (Å²) >= 11 is 0. The van der Waals surface area contributed by atoms with E-state index in [1.807, 2.05) is 0 Å². The van der Waals surface area contributed by atoms with E-state index in [2.05, 4.69) is 20.6 Å². The lowest BCUT2D eigenvalue weighted by Crippen LogP contribution is -2.34. The Balaban J connectivity index is 1.96. The van der Waals surface area contributed by atoms with Gasteiger partial charge in [-0.05, 0) is 12.1 Å². The SMILES string of the molecule is CN/C=C(\C=N)c1cnc2cc/c(=N\c3cc(OC)cc(OC)c3F)n(CC3CC(O)C(=O)N3)c2n1. The fourth-order valence-corrected chi connectivity index (χ4v) is 3.92. The third-order valence-electron chi connectivity index (χ3n) is 5.70. The lowest BCUT2D eigenvalue weighted by atomic mass is 10.2. The van der Waals surface area contributed by atoms with Gasteiger partial charge in [-0.25, -0.2) is 14.4 Å². The molecule has 188 valence electrons. The van der Waals surface area contributed by atoms with E-state index in [9.17, 15) is 9.90 Å². The molecule has 3 heterocycles. The molecule has 2 aromatic heterocycles. The summed E-state index contributed by atoms with van der Waals surface area (Å²) in [5, 5.41) is 23.3. The smallest absolute Gasteiger partial charge is 0.249 e. The van der Waals surface area contributed by atoms with E-state index < -0.39 is 23.9 Å². The quantitative estimate of drug-likeness (QED) is 0.344. The first kappa shape index (κ1) is 24.8. The highest BCUT2D eigenvalue weighted by Gasteiger charge is 2.30. The molecule has 4 rings (SSSR count).